The fourth-order valence-electron chi connectivity index (χ4n) is 0.972. The van der Waals surface area contributed by atoms with Gasteiger partial charge in [0.2, 0.25) is 0 Å². The quantitative estimate of drug-likeness (QED) is 0.765. The van der Waals surface area contributed by atoms with Gasteiger partial charge in [0.05, 0.1) is 5.75 Å². The molecule has 0 aliphatic carbocycles. The monoisotopic (exact) mass is 224 g/mol. The van der Waals surface area contributed by atoms with Crippen molar-refractivity contribution in [2.45, 2.75) is 5.75 Å². The van der Waals surface area contributed by atoms with Crippen LogP contribution in [0.3, 0.4) is 0 Å². The third-order valence-electron chi connectivity index (χ3n) is 1.51. The van der Waals surface area contributed by atoms with Gasteiger partial charge in [-0.2, -0.15) is 0 Å². The molecular weight excluding hydrogens is 217 g/mol. The summed E-state index contributed by atoms with van der Waals surface area (Å²) in [6.07, 6.45) is 0.842. The molecule has 6 heteroatoms. The highest BCUT2D eigenvalue weighted by atomic mass is 32.2. The molecule has 0 aliphatic rings. The Balaban J connectivity index is 3.22. The van der Waals surface area contributed by atoms with Gasteiger partial charge in [0, 0.05) is 24.0 Å². The van der Waals surface area contributed by atoms with Crippen molar-refractivity contribution in [1.82, 2.24) is 0 Å². The topological polar surface area (TPSA) is 34.1 Å². The lowest BCUT2D eigenvalue weighted by Gasteiger charge is -2.03. The predicted molar refractivity (Wildman–Crippen MR) is 44.9 cm³/mol. The van der Waals surface area contributed by atoms with Gasteiger partial charge in [0.15, 0.2) is 9.84 Å². The van der Waals surface area contributed by atoms with Crippen molar-refractivity contribution in [3.05, 3.63) is 35.1 Å². The van der Waals surface area contributed by atoms with Gasteiger partial charge in [-0.3, -0.25) is 0 Å². The summed E-state index contributed by atoms with van der Waals surface area (Å²) in [4.78, 5) is 0. The van der Waals surface area contributed by atoms with Gasteiger partial charge >= 0.3 is 0 Å². The first kappa shape index (κ1) is 11.0. The maximum absolute atomic E-state index is 12.9. The van der Waals surface area contributed by atoms with Crippen molar-refractivity contribution in [2.75, 3.05) is 6.26 Å². The molecule has 0 bridgehead atoms. The van der Waals surface area contributed by atoms with E-state index in [0.29, 0.717) is 12.1 Å². The summed E-state index contributed by atoms with van der Waals surface area (Å²) >= 11 is 0. The van der Waals surface area contributed by atoms with E-state index in [0.717, 1.165) is 6.26 Å². The average Bonchev–Trinajstić information content (AvgIpc) is 1.95. The van der Waals surface area contributed by atoms with E-state index in [-0.39, 0.29) is 0 Å². The number of rotatable bonds is 2. The Labute approximate surface area is 79.3 Å². The lowest BCUT2D eigenvalue weighted by Crippen LogP contribution is -2.06. The summed E-state index contributed by atoms with van der Waals surface area (Å²) in [7, 11) is -3.54. The van der Waals surface area contributed by atoms with Crippen molar-refractivity contribution in [3.8, 4) is 0 Å². The molecule has 1 rings (SSSR count). The van der Waals surface area contributed by atoms with Gasteiger partial charge in [-0.05, 0) is 0 Å². The van der Waals surface area contributed by atoms with Gasteiger partial charge in [0.1, 0.15) is 17.5 Å². The summed E-state index contributed by atoms with van der Waals surface area (Å²) in [5, 5.41) is 0. The first-order valence-electron chi connectivity index (χ1n) is 3.61. The summed E-state index contributed by atoms with van der Waals surface area (Å²) in [5.41, 5.74) is -0.631. The van der Waals surface area contributed by atoms with Crippen LogP contribution >= 0.6 is 0 Å². The van der Waals surface area contributed by atoms with Crippen LogP contribution in [-0.4, -0.2) is 14.7 Å². The van der Waals surface area contributed by atoms with E-state index in [1.165, 1.54) is 0 Å². The van der Waals surface area contributed by atoms with Gasteiger partial charge in [0.25, 0.3) is 0 Å². The van der Waals surface area contributed by atoms with Crippen LogP contribution in [0.25, 0.3) is 0 Å². The van der Waals surface area contributed by atoms with E-state index in [9.17, 15) is 21.6 Å². The van der Waals surface area contributed by atoms with Crippen molar-refractivity contribution >= 4 is 9.84 Å². The highest BCUT2D eigenvalue weighted by Crippen LogP contribution is 2.16. The molecule has 0 heterocycles. The molecule has 1 aromatic rings. The normalized spacial score (nSPS) is 11.7. The zero-order chi connectivity index (χ0) is 10.9. The molecule has 2 nitrogen and oxygen atoms in total. The summed E-state index contributed by atoms with van der Waals surface area (Å²) in [5.74, 6) is -4.22. The zero-order valence-corrected chi connectivity index (χ0v) is 8.04. The summed E-state index contributed by atoms with van der Waals surface area (Å²) < 4.78 is 59.7. The fourth-order valence-corrected chi connectivity index (χ4v) is 1.77. The van der Waals surface area contributed by atoms with Gasteiger partial charge in [-0.1, -0.05) is 0 Å². The third-order valence-corrected chi connectivity index (χ3v) is 2.33. The molecular formula is C8H7F3O2S. The lowest BCUT2D eigenvalue weighted by molar-refractivity contribution is 0.527. The van der Waals surface area contributed by atoms with Gasteiger partial charge in [-0.25, -0.2) is 21.6 Å². The zero-order valence-electron chi connectivity index (χ0n) is 7.22. The van der Waals surface area contributed by atoms with E-state index in [1.807, 2.05) is 0 Å². The molecule has 0 atom stereocenters. The standard InChI is InChI=1S/C8H7F3O2S/c1-14(12,13)4-6-7(10)2-5(9)3-8(6)11/h2-3H,4H2,1H3. The SMILES string of the molecule is CS(=O)(=O)Cc1c(F)cc(F)cc1F. The molecule has 0 saturated carbocycles. The number of halogens is 3. The first-order valence-corrected chi connectivity index (χ1v) is 5.67. The molecule has 0 unspecified atom stereocenters. The van der Waals surface area contributed by atoms with Crippen LogP contribution in [0.15, 0.2) is 12.1 Å². The lowest BCUT2D eigenvalue weighted by atomic mass is 10.2. The minimum Gasteiger partial charge on any atom is -0.229 e. The molecule has 0 saturated heterocycles. The predicted octanol–water partition coefficient (Wildman–Crippen LogP) is 1.65. The molecule has 0 aromatic heterocycles. The largest absolute Gasteiger partial charge is 0.229 e. The first-order chi connectivity index (χ1) is 6.29. The Kier molecular flexibility index (Phi) is 2.84. The molecule has 78 valence electrons. The van der Waals surface area contributed by atoms with E-state index in [1.54, 1.807) is 0 Å². The second-order valence-electron chi connectivity index (χ2n) is 2.92. The fraction of sp³-hybridized carbons (Fsp3) is 0.250. The average molecular weight is 224 g/mol. The van der Waals surface area contributed by atoms with Crippen LogP contribution in [-0.2, 0) is 15.6 Å². The molecule has 0 spiro atoms. The van der Waals surface area contributed by atoms with Gasteiger partial charge in [-0.15, -0.1) is 0 Å². The molecule has 1 aromatic carbocycles. The number of hydrogen-bond acceptors (Lipinski definition) is 2. The molecule has 0 aliphatic heterocycles. The molecule has 14 heavy (non-hydrogen) atoms. The van der Waals surface area contributed by atoms with Gasteiger partial charge < -0.3 is 0 Å². The maximum atomic E-state index is 12.9. The summed E-state index contributed by atoms with van der Waals surface area (Å²) in [6, 6.07) is 0.896. The number of benzene rings is 1. The van der Waals surface area contributed by atoms with Crippen LogP contribution in [0, 0.1) is 17.5 Å². The van der Waals surface area contributed by atoms with E-state index >= 15 is 0 Å². The smallest absolute Gasteiger partial charge is 0.151 e. The molecule has 0 amide bonds. The molecule has 0 N–H and O–H groups in total. The third kappa shape index (κ3) is 2.73. The molecule has 0 radical (unpaired) electrons. The van der Waals surface area contributed by atoms with Crippen molar-refractivity contribution in [1.29, 1.82) is 0 Å². The van der Waals surface area contributed by atoms with E-state index < -0.39 is 38.6 Å². The Morgan fingerprint density at radius 1 is 1.14 bits per heavy atom. The van der Waals surface area contributed by atoms with E-state index in [2.05, 4.69) is 0 Å². The minimum absolute atomic E-state index is 0.448. The van der Waals surface area contributed by atoms with Crippen molar-refractivity contribution in [2.24, 2.45) is 0 Å². The number of hydrogen-bond donors (Lipinski definition) is 0. The minimum atomic E-state index is -3.54. The van der Waals surface area contributed by atoms with Crippen LogP contribution in [0.1, 0.15) is 5.56 Å². The second kappa shape index (κ2) is 3.61. The Morgan fingerprint density at radius 2 is 1.57 bits per heavy atom. The maximum Gasteiger partial charge on any atom is 0.151 e. The van der Waals surface area contributed by atoms with Crippen molar-refractivity contribution in [3.63, 3.8) is 0 Å². The van der Waals surface area contributed by atoms with Crippen LogP contribution in [0.5, 0.6) is 0 Å². The second-order valence-corrected chi connectivity index (χ2v) is 5.06. The Hall–Kier alpha value is -1.04. The van der Waals surface area contributed by atoms with Crippen LogP contribution < -0.4 is 0 Å². The van der Waals surface area contributed by atoms with Crippen molar-refractivity contribution < 1.29 is 21.6 Å². The molecule has 0 fully saturated rings. The highest BCUT2D eigenvalue weighted by Gasteiger charge is 2.15. The summed E-state index contributed by atoms with van der Waals surface area (Å²) in [6.45, 7) is 0. The number of sulfone groups is 1. The highest BCUT2D eigenvalue weighted by molar-refractivity contribution is 7.89. The van der Waals surface area contributed by atoms with Crippen LogP contribution in [0.4, 0.5) is 13.2 Å². The van der Waals surface area contributed by atoms with Crippen LogP contribution in [0.2, 0.25) is 0 Å². The Bertz CT molecular complexity index is 431. The Morgan fingerprint density at radius 3 is 1.93 bits per heavy atom. The van der Waals surface area contributed by atoms with E-state index in [4.69, 9.17) is 0 Å².